The summed E-state index contributed by atoms with van der Waals surface area (Å²) in [4.78, 5) is 30.5. The van der Waals surface area contributed by atoms with Crippen LogP contribution in [0.3, 0.4) is 0 Å². The minimum atomic E-state index is -0.788. The topological polar surface area (TPSA) is 124 Å². The summed E-state index contributed by atoms with van der Waals surface area (Å²) in [5.74, 6) is 0.540. The number of hydrogen-bond donors (Lipinski definition) is 2. The van der Waals surface area contributed by atoms with E-state index in [0.29, 0.717) is 23.3 Å². The summed E-state index contributed by atoms with van der Waals surface area (Å²) in [6, 6.07) is 6.90. The third kappa shape index (κ3) is 5.44. The molecule has 2 amide bonds. The molecule has 0 spiro atoms. The Morgan fingerprint density at radius 1 is 1.21 bits per heavy atom. The molecule has 1 saturated heterocycles. The molecule has 182 valence electrons. The quantitative estimate of drug-likeness (QED) is 0.546. The third-order valence-corrected chi connectivity index (χ3v) is 6.03. The van der Waals surface area contributed by atoms with Crippen molar-refractivity contribution in [2.24, 2.45) is 11.3 Å². The number of fused-ring (bicyclic) bond motifs is 1. The molecule has 1 atom stereocenters. The van der Waals surface area contributed by atoms with Crippen molar-refractivity contribution in [3.63, 3.8) is 0 Å². The van der Waals surface area contributed by atoms with Crippen molar-refractivity contribution < 1.29 is 18.8 Å². The van der Waals surface area contributed by atoms with Crippen molar-refractivity contribution in [1.29, 1.82) is 0 Å². The number of nitrogens with one attached hydrogen (secondary N) is 2. The van der Waals surface area contributed by atoms with Gasteiger partial charge in [-0.2, -0.15) is 10.1 Å². The van der Waals surface area contributed by atoms with Gasteiger partial charge < -0.3 is 19.9 Å². The van der Waals surface area contributed by atoms with Crippen molar-refractivity contribution in [3.8, 4) is 0 Å². The largest absolute Gasteiger partial charge is 0.381 e. The normalized spacial score (nSPS) is 15.9. The molecule has 4 rings (SSSR count). The Bertz CT molecular complexity index is 1160. The second-order valence-corrected chi connectivity index (χ2v) is 9.83. The highest BCUT2D eigenvalue weighted by Crippen LogP contribution is 2.24. The van der Waals surface area contributed by atoms with Gasteiger partial charge in [0.1, 0.15) is 6.04 Å². The molecule has 0 radical (unpaired) electrons. The Kier molecular flexibility index (Phi) is 6.97. The van der Waals surface area contributed by atoms with E-state index < -0.39 is 11.5 Å². The van der Waals surface area contributed by atoms with Crippen LogP contribution in [0.1, 0.15) is 55.8 Å². The molecule has 1 aliphatic rings. The van der Waals surface area contributed by atoms with E-state index in [1.54, 1.807) is 6.92 Å². The van der Waals surface area contributed by atoms with Crippen molar-refractivity contribution in [1.82, 2.24) is 30.6 Å². The fraction of sp³-hybridized carbons (Fsp3) is 0.542. The van der Waals surface area contributed by atoms with Gasteiger partial charge in [0, 0.05) is 25.1 Å². The molecule has 0 unspecified atom stereocenters. The second kappa shape index (κ2) is 9.92. The zero-order chi connectivity index (χ0) is 24.3. The molecule has 34 heavy (non-hydrogen) atoms. The van der Waals surface area contributed by atoms with Gasteiger partial charge in [-0.05, 0) is 37.2 Å². The van der Waals surface area contributed by atoms with Gasteiger partial charge in [-0.25, -0.2) is 0 Å². The van der Waals surface area contributed by atoms with Gasteiger partial charge in [-0.3, -0.25) is 14.3 Å². The van der Waals surface area contributed by atoms with Gasteiger partial charge in [0.25, 0.3) is 5.91 Å². The Hall–Kier alpha value is -3.27. The fourth-order valence-electron chi connectivity index (χ4n) is 4.16. The van der Waals surface area contributed by atoms with Crippen LogP contribution >= 0.6 is 0 Å². The number of aromatic nitrogens is 4. The van der Waals surface area contributed by atoms with Crippen molar-refractivity contribution in [2.75, 3.05) is 13.2 Å². The number of benzene rings is 1. The van der Waals surface area contributed by atoms with Crippen LogP contribution in [0, 0.1) is 18.3 Å². The number of ether oxygens (including phenoxy) is 1. The first kappa shape index (κ1) is 23.9. The van der Waals surface area contributed by atoms with Crippen LogP contribution in [0.15, 0.2) is 28.8 Å². The number of aryl methyl sites for hydroxylation is 1. The Balaban J connectivity index is 1.53. The maximum atomic E-state index is 13.4. The maximum Gasteiger partial charge on any atom is 0.273 e. The van der Waals surface area contributed by atoms with Crippen LogP contribution < -0.4 is 10.6 Å². The van der Waals surface area contributed by atoms with E-state index in [4.69, 9.17) is 9.26 Å². The average molecular weight is 469 g/mol. The first-order chi connectivity index (χ1) is 16.2. The number of carbonyl (C=O) groups is 2. The van der Waals surface area contributed by atoms with Gasteiger partial charge in [-0.1, -0.05) is 44.1 Å². The summed E-state index contributed by atoms with van der Waals surface area (Å²) in [6.45, 7) is 9.72. The van der Waals surface area contributed by atoms with Crippen LogP contribution in [0.4, 0.5) is 0 Å². The predicted molar refractivity (Wildman–Crippen MR) is 125 cm³/mol. The number of carbonyl (C=O) groups excluding carboxylic acids is 2. The van der Waals surface area contributed by atoms with Crippen LogP contribution in [0.25, 0.3) is 10.9 Å². The number of rotatable bonds is 7. The van der Waals surface area contributed by atoms with Gasteiger partial charge in [0.2, 0.25) is 11.8 Å². The highest BCUT2D eigenvalue weighted by molar-refractivity contribution is 6.06. The van der Waals surface area contributed by atoms with Crippen LogP contribution in [0.2, 0.25) is 0 Å². The van der Waals surface area contributed by atoms with E-state index in [9.17, 15) is 9.59 Å². The molecule has 1 fully saturated rings. The van der Waals surface area contributed by atoms with Gasteiger partial charge in [-0.15, -0.1) is 0 Å². The smallest absolute Gasteiger partial charge is 0.273 e. The highest BCUT2D eigenvalue weighted by Gasteiger charge is 2.34. The molecule has 10 heteroatoms. The van der Waals surface area contributed by atoms with Gasteiger partial charge >= 0.3 is 0 Å². The molecule has 0 bridgehead atoms. The molecular formula is C24H32N6O4. The zero-order valence-corrected chi connectivity index (χ0v) is 20.1. The summed E-state index contributed by atoms with van der Waals surface area (Å²) >= 11 is 0. The zero-order valence-electron chi connectivity index (χ0n) is 20.1. The molecule has 1 aromatic carbocycles. The third-order valence-electron chi connectivity index (χ3n) is 6.03. The maximum absolute atomic E-state index is 13.4. The summed E-state index contributed by atoms with van der Waals surface area (Å²) in [6.07, 6.45) is 1.95. The molecule has 2 N–H and O–H groups in total. The molecule has 1 aliphatic heterocycles. The van der Waals surface area contributed by atoms with Gasteiger partial charge in [0.15, 0.2) is 11.5 Å². The van der Waals surface area contributed by atoms with E-state index in [-0.39, 0.29) is 18.4 Å². The van der Waals surface area contributed by atoms with Crippen LogP contribution in [-0.4, -0.2) is 51.0 Å². The second-order valence-electron chi connectivity index (χ2n) is 9.83. The lowest BCUT2D eigenvalue weighted by molar-refractivity contribution is -0.125. The standard InChI is InChI=1S/C24H32N6O4/c1-15-26-19(34-29-15)13-25-23(32)21(24(2,3)4)27-22(31)20-17-7-5-6-8-18(17)30(28-20)14-16-9-11-33-12-10-16/h5-8,16,21H,9-14H2,1-4H3,(H,25,32)(H,27,31)/t21-/m1/s1. The van der Waals surface area contributed by atoms with Crippen molar-refractivity contribution >= 4 is 22.7 Å². The molecule has 0 saturated carbocycles. The summed E-state index contributed by atoms with van der Waals surface area (Å²) in [5.41, 5.74) is 0.685. The SMILES string of the molecule is Cc1noc(CNC(=O)[C@@H](NC(=O)c2nn(CC3CCOCC3)c3ccccc23)C(C)(C)C)n1. The van der Waals surface area contributed by atoms with Crippen molar-refractivity contribution in [2.45, 2.75) is 59.7 Å². The fourth-order valence-corrected chi connectivity index (χ4v) is 4.16. The first-order valence-electron chi connectivity index (χ1n) is 11.6. The number of hydrogen-bond acceptors (Lipinski definition) is 7. The van der Waals surface area contributed by atoms with Crippen LogP contribution in [-0.2, 0) is 22.6 Å². The summed E-state index contributed by atoms with van der Waals surface area (Å²) in [5, 5.41) is 14.9. The van der Waals surface area contributed by atoms with E-state index in [1.807, 2.05) is 49.7 Å². The molecular weight excluding hydrogens is 436 g/mol. The lowest BCUT2D eigenvalue weighted by Crippen LogP contribution is -2.53. The van der Waals surface area contributed by atoms with Crippen LogP contribution in [0.5, 0.6) is 0 Å². The Labute approximate surface area is 198 Å². The molecule has 3 heterocycles. The Morgan fingerprint density at radius 3 is 2.62 bits per heavy atom. The molecule has 2 aromatic heterocycles. The minimum Gasteiger partial charge on any atom is -0.381 e. The van der Waals surface area contributed by atoms with E-state index in [2.05, 4.69) is 25.9 Å². The molecule has 3 aromatic rings. The van der Waals surface area contributed by atoms with E-state index in [1.165, 1.54) is 0 Å². The Morgan fingerprint density at radius 2 is 1.94 bits per heavy atom. The van der Waals surface area contributed by atoms with E-state index >= 15 is 0 Å². The number of nitrogens with zero attached hydrogens (tertiary/aromatic N) is 4. The number of para-hydroxylation sites is 1. The highest BCUT2D eigenvalue weighted by atomic mass is 16.5. The van der Waals surface area contributed by atoms with Gasteiger partial charge in [0.05, 0.1) is 12.1 Å². The monoisotopic (exact) mass is 468 g/mol. The lowest BCUT2D eigenvalue weighted by Gasteiger charge is -2.30. The average Bonchev–Trinajstić information content (AvgIpc) is 3.39. The first-order valence-corrected chi connectivity index (χ1v) is 11.6. The minimum absolute atomic E-state index is 0.0881. The molecule has 10 nitrogen and oxygen atoms in total. The summed E-state index contributed by atoms with van der Waals surface area (Å²) in [7, 11) is 0. The lowest BCUT2D eigenvalue weighted by atomic mass is 9.86. The van der Waals surface area contributed by atoms with Crippen molar-refractivity contribution in [3.05, 3.63) is 41.7 Å². The van der Waals surface area contributed by atoms with E-state index in [0.717, 1.165) is 43.5 Å². The summed E-state index contributed by atoms with van der Waals surface area (Å²) < 4.78 is 12.4. The predicted octanol–water partition coefficient (Wildman–Crippen LogP) is 2.62. The number of amides is 2. The molecule has 0 aliphatic carbocycles.